The lowest BCUT2D eigenvalue weighted by Gasteiger charge is -2.35. The summed E-state index contributed by atoms with van der Waals surface area (Å²) in [5, 5.41) is 0. The van der Waals surface area contributed by atoms with Crippen LogP contribution in [0.2, 0.25) is 39.3 Å². The summed E-state index contributed by atoms with van der Waals surface area (Å²) >= 11 is 0. The van der Waals surface area contributed by atoms with Crippen molar-refractivity contribution < 1.29 is 0 Å². The van der Waals surface area contributed by atoms with Crippen molar-refractivity contribution in [3.05, 3.63) is 35.9 Å². The zero-order valence-corrected chi connectivity index (χ0v) is 18.3. The predicted octanol–water partition coefficient (Wildman–Crippen LogP) is 4.59. The Morgan fingerprint density at radius 2 is 1.54 bits per heavy atom. The predicted molar refractivity (Wildman–Crippen MR) is 112 cm³/mol. The number of amidine groups is 1. The number of nitrogens with one attached hydrogen (secondary N) is 2. The Labute approximate surface area is 150 Å². The Balaban J connectivity index is 2.28. The van der Waals surface area contributed by atoms with Crippen molar-refractivity contribution in [3.8, 4) is 0 Å². The quantitative estimate of drug-likeness (QED) is 0.457. The SMILES string of the molecule is C[Si](C)(C)NC(=N[C@@H]1CCCC[C@H]1N[Si](C)(C)C)c1ccccc1. The third-order valence-electron chi connectivity index (χ3n) is 4.18. The van der Waals surface area contributed by atoms with Gasteiger partial charge in [0.1, 0.15) is 22.3 Å². The van der Waals surface area contributed by atoms with Crippen LogP contribution < -0.4 is 9.96 Å². The summed E-state index contributed by atoms with van der Waals surface area (Å²) in [7, 11) is -2.74. The first-order valence-electron chi connectivity index (χ1n) is 9.33. The Bertz CT molecular complexity index is 544. The molecule has 24 heavy (non-hydrogen) atoms. The van der Waals surface area contributed by atoms with Crippen LogP contribution in [0.3, 0.4) is 0 Å². The largest absolute Gasteiger partial charge is 0.396 e. The molecule has 2 rings (SSSR count). The maximum Gasteiger partial charge on any atom is 0.145 e. The van der Waals surface area contributed by atoms with Crippen molar-refractivity contribution in [1.29, 1.82) is 0 Å². The van der Waals surface area contributed by atoms with E-state index in [1.807, 2.05) is 0 Å². The first kappa shape index (κ1) is 19.4. The lowest BCUT2D eigenvalue weighted by Crippen LogP contribution is -2.54. The molecular weight excluding hydrogens is 326 g/mol. The van der Waals surface area contributed by atoms with Gasteiger partial charge in [0.05, 0.1) is 6.04 Å². The molecule has 0 aromatic heterocycles. The van der Waals surface area contributed by atoms with Gasteiger partial charge in [-0.2, -0.15) is 0 Å². The molecule has 3 nitrogen and oxygen atoms in total. The Hall–Kier alpha value is -0.916. The van der Waals surface area contributed by atoms with Gasteiger partial charge in [-0.3, -0.25) is 4.99 Å². The molecule has 0 saturated heterocycles. The van der Waals surface area contributed by atoms with Gasteiger partial charge in [0.15, 0.2) is 0 Å². The van der Waals surface area contributed by atoms with Gasteiger partial charge in [-0.25, -0.2) is 0 Å². The zero-order chi connectivity index (χ0) is 17.8. The smallest absolute Gasteiger partial charge is 0.145 e. The van der Waals surface area contributed by atoms with E-state index in [0.717, 1.165) is 5.84 Å². The van der Waals surface area contributed by atoms with Gasteiger partial charge in [0.2, 0.25) is 0 Å². The minimum Gasteiger partial charge on any atom is -0.396 e. The van der Waals surface area contributed by atoms with E-state index >= 15 is 0 Å². The van der Waals surface area contributed by atoms with Gasteiger partial charge in [-0.1, -0.05) is 82.5 Å². The van der Waals surface area contributed by atoms with E-state index in [0.29, 0.717) is 12.1 Å². The summed E-state index contributed by atoms with van der Waals surface area (Å²) in [4.78, 5) is 13.0. The van der Waals surface area contributed by atoms with E-state index in [1.165, 1.54) is 31.2 Å². The van der Waals surface area contributed by atoms with Crippen LogP contribution in [-0.2, 0) is 0 Å². The second kappa shape index (κ2) is 7.98. The van der Waals surface area contributed by atoms with Crippen molar-refractivity contribution in [2.24, 2.45) is 4.99 Å². The van der Waals surface area contributed by atoms with Gasteiger partial charge in [-0.05, 0) is 12.8 Å². The van der Waals surface area contributed by atoms with E-state index < -0.39 is 16.5 Å². The second-order valence-electron chi connectivity index (χ2n) is 9.07. The van der Waals surface area contributed by atoms with Crippen LogP contribution in [0.25, 0.3) is 0 Å². The molecule has 0 unspecified atom stereocenters. The highest BCUT2D eigenvalue weighted by molar-refractivity contribution is 6.76. The average molecular weight is 362 g/mol. The van der Waals surface area contributed by atoms with Gasteiger partial charge < -0.3 is 9.96 Å². The Kier molecular flexibility index (Phi) is 6.45. The third kappa shape index (κ3) is 6.53. The number of aliphatic imine (C=N–C) groups is 1. The third-order valence-corrected chi connectivity index (χ3v) is 6.41. The molecule has 0 spiro atoms. The molecule has 1 saturated carbocycles. The van der Waals surface area contributed by atoms with Crippen LogP contribution in [0.5, 0.6) is 0 Å². The molecule has 1 fully saturated rings. The lowest BCUT2D eigenvalue weighted by molar-refractivity contribution is 0.363. The maximum absolute atomic E-state index is 5.26. The molecule has 1 aromatic rings. The maximum atomic E-state index is 5.26. The minimum absolute atomic E-state index is 0.393. The van der Waals surface area contributed by atoms with Crippen molar-refractivity contribution >= 4 is 22.3 Å². The van der Waals surface area contributed by atoms with E-state index in [4.69, 9.17) is 4.99 Å². The van der Waals surface area contributed by atoms with E-state index in [9.17, 15) is 0 Å². The highest BCUT2D eigenvalue weighted by Crippen LogP contribution is 2.23. The van der Waals surface area contributed by atoms with Crippen LogP contribution in [-0.4, -0.2) is 34.4 Å². The highest BCUT2D eigenvalue weighted by atomic mass is 28.3. The molecule has 0 amide bonds. The van der Waals surface area contributed by atoms with Crippen LogP contribution in [0.4, 0.5) is 0 Å². The summed E-state index contributed by atoms with van der Waals surface area (Å²) in [6.07, 6.45) is 5.09. The number of rotatable bonds is 5. The minimum atomic E-state index is -1.45. The van der Waals surface area contributed by atoms with Crippen LogP contribution in [0, 0.1) is 0 Å². The average Bonchev–Trinajstić information content (AvgIpc) is 2.46. The van der Waals surface area contributed by atoms with Crippen molar-refractivity contribution in [1.82, 2.24) is 9.96 Å². The van der Waals surface area contributed by atoms with E-state index in [-0.39, 0.29) is 0 Å². The molecule has 0 heterocycles. The number of hydrogen-bond donors (Lipinski definition) is 2. The zero-order valence-electron chi connectivity index (χ0n) is 16.3. The number of nitrogens with zero attached hydrogens (tertiary/aromatic N) is 1. The van der Waals surface area contributed by atoms with Crippen LogP contribution >= 0.6 is 0 Å². The summed E-state index contributed by atoms with van der Waals surface area (Å²) in [6.45, 7) is 14.2. The summed E-state index contributed by atoms with van der Waals surface area (Å²) < 4.78 is 0. The van der Waals surface area contributed by atoms with Crippen molar-refractivity contribution in [2.45, 2.75) is 77.0 Å². The van der Waals surface area contributed by atoms with Gasteiger partial charge >= 0.3 is 0 Å². The normalized spacial score (nSPS) is 23.2. The fraction of sp³-hybridized carbons (Fsp3) is 0.632. The lowest BCUT2D eigenvalue weighted by atomic mass is 9.91. The van der Waals surface area contributed by atoms with E-state index in [1.54, 1.807) is 0 Å². The molecule has 0 bridgehead atoms. The molecule has 0 aliphatic heterocycles. The molecule has 1 aromatic carbocycles. The Morgan fingerprint density at radius 1 is 0.917 bits per heavy atom. The molecule has 2 atom stereocenters. The summed E-state index contributed by atoms with van der Waals surface area (Å²) in [5.74, 6) is 1.10. The molecule has 0 radical (unpaired) electrons. The summed E-state index contributed by atoms with van der Waals surface area (Å²) in [5.41, 5.74) is 1.22. The van der Waals surface area contributed by atoms with E-state index in [2.05, 4.69) is 79.6 Å². The van der Waals surface area contributed by atoms with Crippen LogP contribution in [0.15, 0.2) is 35.3 Å². The second-order valence-corrected chi connectivity index (χ2v) is 18.6. The first-order valence-corrected chi connectivity index (χ1v) is 16.3. The number of benzene rings is 1. The molecule has 5 heteroatoms. The molecule has 1 aliphatic carbocycles. The monoisotopic (exact) mass is 361 g/mol. The first-order chi connectivity index (χ1) is 11.1. The van der Waals surface area contributed by atoms with Crippen molar-refractivity contribution in [3.63, 3.8) is 0 Å². The molecule has 2 N–H and O–H groups in total. The highest BCUT2D eigenvalue weighted by Gasteiger charge is 2.29. The van der Waals surface area contributed by atoms with Gasteiger partial charge in [-0.15, -0.1) is 0 Å². The molecular formula is C19H35N3Si2. The fourth-order valence-corrected chi connectivity index (χ4v) is 5.65. The summed E-state index contributed by atoms with van der Waals surface area (Å²) in [6, 6.07) is 11.6. The molecule has 1 aliphatic rings. The van der Waals surface area contributed by atoms with Crippen molar-refractivity contribution in [2.75, 3.05) is 0 Å². The fourth-order valence-electron chi connectivity index (χ4n) is 3.29. The van der Waals surface area contributed by atoms with Gasteiger partial charge in [0.25, 0.3) is 0 Å². The standard InChI is InChI=1S/C19H35N3Si2/c1-23(2,3)21-18-15-11-10-14-17(18)20-19(22-24(4,5)6)16-12-8-7-9-13-16/h7-9,12-13,17-18,21H,10-11,14-15H2,1-6H3,(H,20,22)/t17-,18-/m1/s1. The number of hydrogen-bond acceptors (Lipinski definition) is 2. The molecule has 134 valence electrons. The topological polar surface area (TPSA) is 36.4 Å². The van der Waals surface area contributed by atoms with Crippen LogP contribution in [0.1, 0.15) is 31.2 Å². The van der Waals surface area contributed by atoms with Gasteiger partial charge in [0, 0.05) is 11.6 Å². The Morgan fingerprint density at radius 3 is 2.12 bits per heavy atom.